The predicted octanol–water partition coefficient (Wildman–Crippen LogP) is 15.2. The number of ether oxygens (including phenoxy) is 2. The maximum atomic E-state index is 14.4. The van der Waals surface area contributed by atoms with Crippen molar-refractivity contribution in [2.45, 2.75) is 50.8 Å². The zero-order chi connectivity index (χ0) is 103. The number of nitrogens with zero attached hydrogens (tertiary/aromatic N) is 12. The molecule has 8 aromatic carbocycles. The largest absolute Gasteiger partial charge is 0.478 e. The van der Waals surface area contributed by atoms with E-state index in [4.69, 9.17) is 11.6 Å². The zero-order valence-electron chi connectivity index (χ0n) is 73.1. The lowest BCUT2D eigenvalue weighted by Gasteiger charge is -2.11. The molecule has 8 heterocycles. The van der Waals surface area contributed by atoms with Crippen LogP contribution in [0.25, 0.3) is 88.6 Å². The second-order valence-electron chi connectivity index (χ2n) is 30.4. The molecule has 16 rings (SSSR count). The van der Waals surface area contributed by atoms with Gasteiger partial charge in [-0.1, -0.05) is 60.1 Å². The van der Waals surface area contributed by atoms with E-state index in [0.29, 0.717) is 84.3 Å². The molecule has 0 aliphatic carbocycles. The molecule has 30 nitrogen and oxygen atoms in total. The molecule has 4 amide bonds. The van der Waals surface area contributed by atoms with Crippen molar-refractivity contribution in [3.63, 3.8) is 0 Å². The Hall–Kier alpha value is -15.4. The summed E-state index contributed by atoms with van der Waals surface area (Å²) in [6, 6.07) is 27.4. The lowest BCUT2D eigenvalue weighted by atomic mass is 10.1. The number of carbonyl (C=O) groups excluding carboxylic acids is 4. The smallest absolute Gasteiger partial charge is 0.422 e. The van der Waals surface area contributed by atoms with Crippen molar-refractivity contribution < 1.29 is 103 Å². The molecule has 0 radical (unpaired) electrons. The van der Waals surface area contributed by atoms with Gasteiger partial charge in [-0.3, -0.25) is 74.9 Å². The molecule has 0 saturated heterocycles. The number of carbonyl (C=O) groups is 4. The molecule has 8 aromatic heterocycles. The van der Waals surface area contributed by atoms with Crippen LogP contribution in [0.1, 0.15) is 33.4 Å². The number of anilines is 4. The molecule has 0 spiro atoms. The fourth-order valence-corrected chi connectivity index (χ4v) is 17.6. The molecule has 0 bridgehead atoms. The summed E-state index contributed by atoms with van der Waals surface area (Å²) in [7, 11) is 11.4. The monoisotopic (exact) mass is 2070 g/mol. The van der Waals surface area contributed by atoms with Crippen LogP contribution >= 0.6 is 56.9 Å². The van der Waals surface area contributed by atoms with Crippen molar-refractivity contribution in [3.05, 3.63) is 306 Å². The maximum absolute atomic E-state index is 14.4. The van der Waals surface area contributed by atoms with Crippen LogP contribution in [0, 0.1) is 34.9 Å². The van der Waals surface area contributed by atoms with Crippen molar-refractivity contribution in [1.29, 1.82) is 0 Å². The number of amides is 4. The Bertz CT molecular complexity index is 8240. The van der Waals surface area contributed by atoms with Gasteiger partial charge in [0.2, 0.25) is 23.6 Å². The van der Waals surface area contributed by atoms with Crippen molar-refractivity contribution >= 4 is 145 Å². The number of hydrogen-bond donors (Lipinski definition) is 4. The van der Waals surface area contributed by atoms with E-state index in [1.165, 1.54) is 113 Å². The standard InChI is InChI=1S/C23H17F5N4O4S.C22H17ClF2N4O4S.2C22H15F5N4O3S/c1-31-16-5-3-4-11(18(16)20(34)32(2)22(31)35)8-17(33)30-21-29-15(9-37-21)12-6-13(24)19(14(25)7-12)36-10-23(26,27)28;1-28-15-5-3-4-12(18(15)19(31)29(2)22(28)32)9-17(30)27-21-26-14(10-34-21)11-6-7-16(13(23)8-11)33-20(24)25;1-30-15-5-3-4-10(17(15)19(33)31(2)21(30)34)8-16(32)29-20-28-14(9-35-20)11-6-12(23)18(13(24)7-11)22(25,26)27;1-30-14-5-3-4-10(16(14)19(33)31(2)21(30)34)8-15(32)29-20-28-13(9-35-20)11-6-7-12(23)17(18(11)24)22(25,26)27/h3-7,9H,8,10H2,1-2H3,(H,29,30,33);3-8,10,20H,9H2,1-2H3,(H,26,27,30);2*3-7,9H,8H2,1-2H3,(H,28,29,32). The van der Waals surface area contributed by atoms with E-state index in [1.54, 1.807) is 85.2 Å². The summed E-state index contributed by atoms with van der Waals surface area (Å²) < 4.78 is 241. The molecule has 141 heavy (non-hydrogen) atoms. The van der Waals surface area contributed by atoms with E-state index < -0.39 is 158 Å². The number of nitrogens with one attached hydrogen (secondary N) is 4. The van der Waals surface area contributed by atoms with Gasteiger partial charge in [-0.2, -0.15) is 48.3 Å². The zero-order valence-corrected chi connectivity index (χ0v) is 77.1. The highest BCUT2D eigenvalue weighted by atomic mass is 35.5. The third kappa shape index (κ3) is 22.5. The van der Waals surface area contributed by atoms with Gasteiger partial charge in [-0.05, 0) is 101 Å². The second-order valence-corrected chi connectivity index (χ2v) is 34.3. The first-order valence-electron chi connectivity index (χ1n) is 40.1. The number of halogens is 18. The molecule has 0 fully saturated rings. The summed E-state index contributed by atoms with van der Waals surface area (Å²) in [6.07, 6.45) is -16.1. The van der Waals surface area contributed by atoms with Crippen LogP contribution in [0.4, 0.5) is 95.2 Å². The summed E-state index contributed by atoms with van der Waals surface area (Å²) in [5, 5.41) is 17.1. The molecule has 0 atom stereocenters. The average molecular weight is 2070 g/mol. The first-order chi connectivity index (χ1) is 66.3. The Morgan fingerprint density at radius 1 is 0.376 bits per heavy atom. The number of fused-ring (bicyclic) bond motifs is 4. The number of aryl methyl sites for hydroxylation is 4. The van der Waals surface area contributed by atoms with Crippen LogP contribution < -0.4 is 75.7 Å². The summed E-state index contributed by atoms with van der Waals surface area (Å²) in [5.41, 5.74) is -5.19. The van der Waals surface area contributed by atoms with Gasteiger partial charge in [-0.15, -0.1) is 45.3 Å². The van der Waals surface area contributed by atoms with E-state index in [-0.39, 0.29) is 96.2 Å². The van der Waals surface area contributed by atoms with Gasteiger partial charge < -0.3 is 30.7 Å². The number of hydrogen-bond acceptors (Lipinski definition) is 22. The number of alkyl halides is 11. The van der Waals surface area contributed by atoms with Crippen LogP contribution in [0.5, 0.6) is 11.5 Å². The van der Waals surface area contributed by atoms with E-state index in [2.05, 4.69) is 50.7 Å². The van der Waals surface area contributed by atoms with Gasteiger partial charge in [-0.25, -0.2) is 65.5 Å². The van der Waals surface area contributed by atoms with Gasteiger partial charge in [0.1, 0.15) is 40.1 Å². The van der Waals surface area contributed by atoms with E-state index in [1.807, 2.05) is 0 Å². The summed E-state index contributed by atoms with van der Waals surface area (Å²) >= 11 is 9.84. The molecule has 0 aliphatic rings. The van der Waals surface area contributed by atoms with E-state index in [0.717, 1.165) is 70.5 Å². The average Bonchev–Trinajstić information content (AvgIpc) is 1.69. The minimum absolute atomic E-state index is 0.00308. The summed E-state index contributed by atoms with van der Waals surface area (Å²) in [4.78, 5) is 166. The first-order valence-corrected chi connectivity index (χ1v) is 44.0. The second kappa shape index (κ2) is 41.3. The molecule has 4 N–H and O–H groups in total. The quantitative estimate of drug-likeness (QED) is 0.0515. The van der Waals surface area contributed by atoms with Gasteiger partial charge in [0.15, 0.2) is 44.5 Å². The normalized spacial score (nSPS) is 11.6. The minimum Gasteiger partial charge on any atom is -0.478 e. The predicted molar refractivity (Wildman–Crippen MR) is 490 cm³/mol. The molecule has 16 aromatic rings. The SMILES string of the molecule is Cn1c(=O)c2c(CC(=O)Nc3nc(-c4cc(F)c(C(F)(F)F)c(F)c4)cs3)cccc2n(C)c1=O.Cn1c(=O)c2c(CC(=O)Nc3nc(-c4cc(F)c(OCC(F)(F)F)c(F)c4)cs3)cccc2n(C)c1=O.Cn1c(=O)c2c(CC(=O)Nc3nc(-c4ccc(F)c(C(F)(F)F)c4F)cs3)cccc2n(C)c1=O.Cn1c(=O)c2c(CC(=O)Nc3nc(-c4ccc(OC(F)F)c(Cl)c4)cs3)cccc2n(C)c1=O. The molecule has 0 aliphatic heterocycles. The Kier molecular flexibility index (Phi) is 30.2. The van der Waals surface area contributed by atoms with Gasteiger partial charge >= 0.3 is 47.9 Å². The van der Waals surface area contributed by atoms with Gasteiger partial charge in [0.25, 0.3) is 22.2 Å². The number of benzene rings is 8. The van der Waals surface area contributed by atoms with Crippen LogP contribution in [0.3, 0.4) is 0 Å². The Morgan fingerprint density at radius 2 is 0.681 bits per heavy atom. The van der Waals surface area contributed by atoms with Gasteiger partial charge in [0.05, 0.1) is 97.1 Å². The third-order valence-electron chi connectivity index (χ3n) is 21.1. The minimum atomic E-state index is -5.24. The Balaban J connectivity index is 0.000000158. The van der Waals surface area contributed by atoms with E-state index >= 15 is 0 Å². The van der Waals surface area contributed by atoms with Crippen molar-refractivity contribution in [2.75, 3.05) is 27.9 Å². The van der Waals surface area contributed by atoms with Crippen LogP contribution in [-0.2, 0) is 114 Å². The highest BCUT2D eigenvalue weighted by molar-refractivity contribution is 7.15. The third-order valence-corrected chi connectivity index (χ3v) is 24.5. The van der Waals surface area contributed by atoms with Crippen molar-refractivity contribution in [1.82, 2.24) is 56.5 Å². The molecule has 0 unspecified atom stereocenters. The number of aromatic nitrogens is 12. The first kappa shape index (κ1) is 103. The lowest BCUT2D eigenvalue weighted by molar-refractivity contribution is -0.154. The fraction of sp³-hybridized carbons (Fsp3) is 0.191. The van der Waals surface area contributed by atoms with Crippen molar-refractivity contribution in [2.24, 2.45) is 56.4 Å². The molecular formula is C89H64ClF17N16O14S4. The summed E-state index contributed by atoms with van der Waals surface area (Å²) in [5.74, 6) is -13.2. The fourth-order valence-electron chi connectivity index (χ4n) is 14.4. The molecular weight excluding hydrogens is 2000 g/mol. The topological polar surface area (TPSA) is 362 Å². The Labute approximate surface area is 797 Å². The van der Waals surface area contributed by atoms with Crippen LogP contribution in [-0.4, -0.2) is 99.5 Å². The van der Waals surface area contributed by atoms with Crippen LogP contribution in [0.2, 0.25) is 5.02 Å². The van der Waals surface area contributed by atoms with Crippen LogP contribution in [0.15, 0.2) is 187 Å². The number of thiazole rings is 4. The molecule has 52 heteroatoms. The summed E-state index contributed by atoms with van der Waals surface area (Å²) in [6.45, 7) is -4.84. The lowest BCUT2D eigenvalue weighted by Crippen LogP contribution is -2.37. The maximum Gasteiger partial charge on any atom is 0.422 e. The van der Waals surface area contributed by atoms with E-state index in [9.17, 15) is 132 Å². The highest BCUT2D eigenvalue weighted by Gasteiger charge is 2.41. The molecule has 734 valence electrons. The van der Waals surface area contributed by atoms with Gasteiger partial charge in [0, 0.05) is 100 Å². The highest BCUT2D eigenvalue weighted by Crippen LogP contribution is 2.41. The molecule has 0 saturated carbocycles. The Morgan fingerprint density at radius 3 is 0.986 bits per heavy atom. The number of rotatable bonds is 20. The van der Waals surface area contributed by atoms with Crippen molar-refractivity contribution in [3.8, 4) is 56.5 Å².